The SMILES string of the molecule is Cc1cccc([C@@H](O)CN[C@H](C)c2cnn(C(C)C)c2)c1. The van der Waals surface area contributed by atoms with E-state index in [-0.39, 0.29) is 6.04 Å². The van der Waals surface area contributed by atoms with E-state index in [1.807, 2.05) is 42.1 Å². The molecule has 2 rings (SSSR count). The van der Waals surface area contributed by atoms with Crippen LogP contribution in [0.1, 0.15) is 55.6 Å². The lowest BCUT2D eigenvalue weighted by molar-refractivity contribution is 0.170. The van der Waals surface area contributed by atoms with Gasteiger partial charge in [0.1, 0.15) is 0 Å². The maximum Gasteiger partial charge on any atom is 0.0914 e. The summed E-state index contributed by atoms with van der Waals surface area (Å²) in [7, 11) is 0. The van der Waals surface area contributed by atoms with Crippen molar-refractivity contribution in [1.82, 2.24) is 15.1 Å². The van der Waals surface area contributed by atoms with Gasteiger partial charge in [-0.05, 0) is 33.3 Å². The Hall–Kier alpha value is -1.65. The van der Waals surface area contributed by atoms with Gasteiger partial charge in [0.05, 0.1) is 12.3 Å². The average molecular weight is 287 g/mol. The van der Waals surface area contributed by atoms with E-state index in [1.54, 1.807) is 0 Å². The molecule has 0 spiro atoms. The van der Waals surface area contributed by atoms with Gasteiger partial charge >= 0.3 is 0 Å². The minimum Gasteiger partial charge on any atom is -0.387 e. The molecule has 21 heavy (non-hydrogen) atoms. The van der Waals surface area contributed by atoms with Crippen LogP contribution in [0.3, 0.4) is 0 Å². The number of hydrogen-bond acceptors (Lipinski definition) is 3. The van der Waals surface area contributed by atoms with Gasteiger partial charge in [-0.3, -0.25) is 4.68 Å². The molecular formula is C17H25N3O. The van der Waals surface area contributed by atoms with Gasteiger partial charge in [-0.15, -0.1) is 0 Å². The van der Waals surface area contributed by atoms with E-state index in [1.165, 1.54) is 0 Å². The molecule has 0 saturated carbocycles. The van der Waals surface area contributed by atoms with Crippen LogP contribution in [0, 0.1) is 6.92 Å². The molecule has 1 aromatic carbocycles. The Morgan fingerprint density at radius 1 is 1.24 bits per heavy atom. The zero-order valence-corrected chi connectivity index (χ0v) is 13.2. The van der Waals surface area contributed by atoms with Crippen molar-refractivity contribution in [1.29, 1.82) is 0 Å². The normalized spacial score (nSPS) is 14.4. The van der Waals surface area contributed by atoms with Crippen molar-refractivity contribution in [2.75, 3.05) is 6.54 Å². The number of nitrogens with one attached hydrogen (secondary N) is 1. The molecule has 1 heterocycles. The molecule has 4 nitrogen and oxygen atoms in total. The molecule has 2 aromatic rings. The first kappa shape index (κ1) is 15.7. The van der Waals surface area contributed by atoms with Gasteiger partial charge in [0.25, 0.3) is 0 Å². The third-order valence-electron chi connectivity index (χ3n) is 3.69. The first-order valence-electron chi connectivity index (χ1n) is 7.49. The van der Waals surface area contributed by atoms with Crippen LogP contribution in [0.25, 0.3) is 0 Å². The summed E-state index contributed by atoms with van der Waals surface area (Å²) in [5.41, 5.74) is 3.26. The molecule has 0 unspecified atom stereocenters. The Kier molecular flexibility index (Phi) is 5.15. The highest BCUT2D eigenvalue weighted by molar-refractivity contribution is 5.24. The molecule has 0 radical (unpaired) electrons. The summed E-state index contributed by atoms with van der Waals surface area (Å²) in [6.07, 6.45) is 3.45. The molecule has 2 atom stereocenters. The van der Waals surface area contributed by atoms with Crippen LogP contribution in [-0.4, -0.2) is 21.4 Å². The van der Waals surface area contributed by atoms with Crippen molar-refractivity contribution in [3.63, 3.8) is 0 Å². The van der Waals surface area contributed by atoms with Gasteiger partial charge < -0.3 is 10.4 Å². The predicted octanol–water partition coefficient (Wildman–Crippen LogP) is 3.16. The van der Waals surface area contributed by atoms with Crippen LogP contribution in [0.5, 0.6) is 0 Å². The summed E-state index contributed by atoms with van der Waals surface area (Å²) < 4.78 is 1.95. The lowest BCUT2D eigenvalue weighted by atomic mass is 10.1. The Bertz CT molecular complexity index is 577. The van der Waals surface area contributed by atoms with E-state index in [4.69, 9.17) is 0 Å². The highest BCUT2D eigenvalue weighted by Crippen LogP contribution is 2.17. The van der Waals surface area contributed by atoms with Crippen molar-refractivity contribution in [3.05, 3.63) is 53.3 Å². The Morgan fingerprint density at radius 3 is 2.62 bits per heavy atom. The average Bonchev–Trinajstić information content (AvgIpc) is 2.94. The fourth-order valence-electron chi connectivity index (χ4n) is 2.26. The lowest BCUT2D eigenvalue weighted by Gasteiger charge is -2.17. The molecule has 1 aromatic heterocycles. The van der Waals surface area contributed by atoms with Gasteiger partial charge in [0.2, 0.25) is 0 Å². The highest BCUT2D eigenvalue weighted by Gasteiger charge is 2.12. The number of aryl methyl sites for hydroxylation is 1. The van der Waals surface area contributed by atoms with E-state index in [0.29, 0.717) is 12.6 Å². The fourth-order valence-corrected chi connectivity index (χ4v) is 2.26. The molecule has 0 fully saturated rings. The van der Waals surface area contributed by atoms with E-state index < -0.39 is 6.10 Å². The molecule has 2 N–H and O–H groups in total. The molecule has 0 aliphatic carbocycles. The van der Waals surface area contributed by atoms with Crippen molar-refractivity contribution in [2.45, 2.75) is 45.9 Å². The van der Waals surface area contributed by atoms with Gasteiger partial charge in [-0.2, -0.15) is 5.10 Å². The van der Waals surface area contributed by atoms with E-state index in [2.05, 4.69) is 37.4 Å². The van der Waals surface area contributed by atoms with Gasteiger partial charge in [-0.25, -0.2) is 0 Å². The van der Waals surface area contributed by atoms with Gasteiger partial charge in [-0.1, -0.05) is 29.8 Å². The first-order valence-corrected chi connectivity index (χ1v) is 7.49. The third kappa shape index (κ3) is 4.16. The Labute approximate surface area is 126 Å². The second kappa shape index (κ2) is 6.87. The Morgan fingerprint density at radius 2 is 2.00 bits per heavy atom. The number of nitrogens with zero attached hydrogens (tertiary/aromatic N) is 2. The second-order valence-corrected chi connectivity index (χ2v) is 5.91. The third-order valence-corrected chi connectivity index (χ3v) is 3.69. The van der Waals surface area contributed by atoms with Gasteiger partial charge in [0.15, 0.2) is 0 Å². The quantitative estimate of drug-likeness (QED) is 0.858. The van der Waals surface area contributed by atoms with Crippen molar-refractivity contribution >= 4 is 0 Å². The van der Waals surface area contributed by atoms with E-state index in [0.717, 1.165) is 16.7 Å². The monoisotopic (exact) mass is 287 g/mol. The molecular weight excluding hydrogens is 262 g/mol. The minimum atomic E-state index is -0.493. The maximum atomic E-state index is 10.3. The lowest BCUT2D eigenvalue weighted by Crippen LogP contribution is -2.24. The fraction of sp³-hybridized carbons (Fsp3) is 0.471. The topological polar surface area (TPSA) is 50.1 Å². The summed E-state index contributed by atoms with van der Waals surface area (Å²) in [6.45, 7) is 8.86. The van der Waals surface area contributed by atoms with Crippen molar-refractivity contribution in [2.24, 2.45) is 0 Å². The molecule has 0 aliphatic rings. The molecule has 4 heteroatoms. The van der Waals surface area contributed by atoms with Crippen LogP contribution in [0.4, 0.5) is 0 Å². The first-order chi connectivity index (χ1) is 9.97. The maximum absolute atomic E-state index is 10.3. The van der Waals surface area contributed by atoms with Crippen LogP contribution in [-0.2, 0) is 0 Å². The summed E-state index contributed by atoms with van der Waals surface area (Å²) in [5.74, 6) is 0. The molecule has 114 valence electrons. The molecule has 0 saturated heterocycles. The largest absolute Gasteiger partial charge is 0.387 e. The minimum absolute atomic E-state index is 0.164. The highest BCUT2D eigenvalue weighted by atomic mass is 16.3. The number of aromatic nitrogens is 2. The number of rotatable bonds is 6. The predicted molar refractivity (Wildman–Crippen MR) is 85.2 cm³/mol. The summed E-state index contributed by atoms with van der Waals surface area (Å²) in [5, 5.41) is 18.0. The van der Waals surface area contributed by atoms with E-state index in [9.17, 15) is 5.11 Å². The number of aliphatic hydroxyl groups excluding tert-OH is 1. The van der Waals surface area contributed by atoms with Crippen LogP contribution in [0.2, 0.25) is 0 Å². The number of aliphatic hydroxyl groups is 1. The van der Waals surface area contributed by atoms with Crippen LogP contribution in [0.15, 0.2) is 36.7 Å². The summed E-state index contributed by atoms with van der Waals surface area (Å²) >= 11 is 0. The molecule has 0 aliphatic heterocycles. The van der Waals surface area contributed by atoms with Crippen LogP contribution >= 0.6 is 0 Å². The summed E-state index contributed by atoms with van der Waals surface area (Å²) in [4.78, 5) is 0. The summed E-state index contributed by atoms with van der Waals surface area (Å²) in [6, 6.07) is 8.52. The van der Waals surface area contributed by atoms with Gasteiger partial charge in [0, 0.05) is 30.4 Å². The van der Waals surface area contributed by atoms with E-state index >= 15 is 0 Å². The number of hydrogen-bond donors (Lipinski definition) is 2. The zero-order chi connectivity index (χ0) is 15.4. The van der Waals surface area contributed by atoms with Crippen molar-refractivity contribution in [3.8, 4) is 0 Å². The smallest absolute Gasteiger partial charge is 0.0914 e. The second-order valence-electron chi connectivity index (χ2n) is 5.91. The number of benzene rings is 1. The van der Waals surface area contributed by atoms with Crippen LogP contribution < -0.4 is 5.32 Å². The standard InChI is InChI=1S/C17H25N3O/c1-12(2)20-11-16(9-19-20)14(4)18-10-17(21)15-7-5-6-13(3)8-15/h5-9,11-12,14,17-18,21H,10H2,1-4H3/t14-,17+/m1/s1. The molecule has 0 bridgehead atoms. The van der Waals surface area contributed by atoms with Crippen molar-refractivity contribution < 1.29 is 5.11 Å². The Balaban J connectivity index is 1.92. The zero-order valence-electron chi connectivity index (χ0n) is 13.2. The molecule has 0 amide bonds.